The van der Waals surface area contributed by atoms with E-state index in [0.717, 1.165) is 11.1 Å². The Hall–Kier alpha value is -2.45. The molecule has 1 saturated heterocycles. The van der Waals surface area contributed by atoms with Gasteiger partial charge in [-0.1, -0.05) is 29.8 Å². The highest BCUT2D eigenvalue weighted by molar-refractivity contribution is 7.90. The molecule has 0 aromatic heterocycles. The van der Waals surface area contributed by atoms with Gasteiger partial charge in [-0.3, -0.25) is 0 Å². The first-order valence-corrected chi connectivity index (χ1v) is 9.59. The molecule has 1 aliphatic rings. The number of sulfonamides is 1. The Kier molecular flexibility index (Phi) is 5.24. The molecule has 26 heavy (non-hydrogen) atoms. The minimum atomic E-state index is -3.94. The van der Waals surface area contributed by atoms with Crippen molar-refractivity contribution in [2.75, 3.05) is 19.7 Å². The predicted octanol–water partition coefficient (Wildman–Crippen LogP) is 2.61. The molecule has 6 nitrogen and oxygen atoms in total. The van der Waals surface area contributed by atoms with Crippen LogP contribution < -0.4 is 4.72 Å². The van der Waals surface area contributed by atoms with Crippen molar-refractivity contribution in [1.29, 1.82) is 0 Å². The Bertz CT molecular complexity index is 882. The van der Waals surface area contributed by atoms with E-state index in [0.29, 0.717) is 0 Å². The number of halogens is 1. The molecule has 1 unspecified atom stereocenters. The van der Waals surface area contributed by atoms with Crippen LogP contribution in [0.5, 0.6) is 0 Å². The van der Waals surface area contributed by atoms with E-state index in [1.807, 2.05) is 6.92 Å². The number of ether oxygens (including phenoxy) is 1. The maximum Gasteiger partial charge on any atom is 0.331 e. The highest BCUT2D eigenvalue weighted by Gasteiger charge is 2.28. The number of hydrogen-bond donors (Lipinski definition) is 1. The van der Waals surface area contributed by atoms with Gasteiger partial charge < -0.3 is 9.64 Å². The fourth-order valence-electron chi connectivity index (χ4n) is 2.67. The Morgan fingerprint density at radius 2 is 1.81 bits per heavy atom. The lowest BCUT2D eigenvalue weighted by Gasteiger charge is -2.33. The summed E-state index contributed by atoms with van der Waals surface area (Å²) in [7, 11) is -3.94. The van der Waals surface area contributed by atoms with Crippen molar-refractivity contribution in [2.45, 2.75) is 17.9 Å². The van der Waals surface area contributed by atoms with Crippen molar-refractivity contribution in [2.24, 2.45) is 0 Å². The number of amides is 2. The van der Waals surface area contributed by atoms with Crippen LogP contribution in [-0.2, 0) is 14.8 Å². The first-order chi connectivity index (χ1) is 12.3. The van der Waals surface area contributed by atoms with Crippen molar-refractivity contribution in [3.8, 4) is 0 Å². The fourth-order valence-corrected chi connectivity index (χ4v) is 3.64. The van der Waals surface area contributed by atoms with Gasteiger partial charge in [-0.25, -0.2) is 22.3 Å². The minimum absolute atomic E-state index is 0.0276. The van der Waals surface area contributed by atoms with Crippen LogP contribution in [0.15, 0.2) is 53.4 Å². The molecular formula is C18H19FN2O4S. The smallest absolute Gasteiger partial charge is 0.331 e. The van der Waals surface area contributed by atoms with E-state index >= 15 is 0 Å². The molecule has 0 aliphatic carbocycles. The first-order valence-electron chi connectivity index (χ1n) is 8.10. The van der Waals surface area contributed by atoms with Crippen LogP contribution >= 0.6 is 0 Å². The van der Waals surface area contributed by atoms with E-state index in [4.69, 9.17) is 4.74 Å². The van der Waals surface area contributed by atoms with E-state index in [2.05, 4.69) is 4.72 Å². The standard InChI is InChI=1S/C18H19FN2O4S/c1-13-2-8-16(9-3-13)26(23,24)20-18(22)21-10-11-25-17(12-21)14-4-6-15(19)7-5-14/h2-9,17H,10-12H2,1H3,(H,20,22). The normalized spacial score (nSPS) is 17.8. The lowest BCUT2D eigenvalue weighted by Crippen LogP contribution is -2.48. The van der Waals surface area contributed by atoms with E-state index < -0.39 is 22.2 Å². The van der Waals surface area contributed by atoms with Gasteiger partial charge in [0.25, 0.3) is 10.0 Å². The van der Waals surface area contributed by atoms with Crippen LogP contribution in [0.1, 0.15) is 17.2 Å². The average Bonchev–Trinajstić information content (AvgIpc) is 2.62. The maximum atomic E-state index is 13.0. The number of rotatable bonds is 3. The summed E-state index contributed by atoms with van der Waals surface area (Å²) in [6.07, 6.45) is -0.433. The van der Waals surface area contributed by atoms with Gasteiger partial charge in [0.05, 0.1) is 18.0 Å². The minimum Gasteiger partial charge on any atom is -0.370 e. The second kappa shape index (κ2) is 7.43. The monoisotopic (exact) mass is 378 g/mol. The highest BCUT2D eigenvalue weighted by atomic mass is 32.2. The van der Waals surface area contributed by atoms with Crippen LogP contribution in [0.3, 0.4) is 0 Å². The SMILES string of the molecule is Cc1ccc(S(=O)(=O)NC(=O)N2CCOC(c3ccc(F)cc3)C2)cc1. The molecule has 8 heteroatoms. The molecule has 0 spiro atoms. The van der Waals surface area contributed by atoms with Crippen molar-refractivity contribution in [3.05, 3.63) is 65.5 Å². The van der Waals surface area contributed by atoms with E-state index in [1.54, 1.807) is 24.3 Å². The van der Waals surface area contributed by atoms with Gasteiger partial charge in [0, 0.05) is 6.54 Å². The molecule has 1 fully saturated rings. The van der Waals surface area contributed by atoms with Crippen LogP contribution in [-0.4, -0.2) is 39.0 Å². The van der Waals surface area contributed by atoms with Crippen LogP contribution in [0, 0.1) is 12.7 Å². The summed E-state index contributed by atoms with van der Waals surface area (Å²) in [5.74, 6) is -0.358. The Morgan fingerprint density at radius 1 is 1.15 bits per heavy atom. The molecule has 1 N–H and O–H groups in total. The summed E-state index contributed by atoms with van der Waals surface area (Å²) in [6, 6.07) is 11.3. The third-order valence-corrected chi connectivity index (χ3v) is 5.48. The second-order valence-electron chi connectivity index (χ2n) is 6.08. The van der Waals surface area contributed by atoms with Gasteiger partial charge in [0.15, 0.2) is 0 Å². The van der Waals surface area contributed by atoms with Gasteiger partial charge >= 0.3 is 6.03 Å². The van der Waals surface area contributed by atoms with Crippen molar-refractivity contribution >= 4 is 16.1 Å². The molecule has 1 heterocycles. The summed E-state index contributed by atoms with van der Waals surface area (Å²) in [4.78, 5) is 13.8. The average molecular weight is 378 g/mol. The quantitative estimate of drug-likeness (QED) is 0.891. The van der Waals surface area contributed by atoms with E-state index in [1.165, 1.54) is 29.2 Å². The molecule has 138 valence electrons. The number of nitrogens with zero attached hydrogens (tertiary/aromatic N) is 1. The van der Waals surface area contributed by atoms with E-state index in [-0.39, 0.29) is 30.4 Å². The summed E-state index contributed by atoms with van der Waals surface area (Å²) in [5.41, 5.74) is 1.65. The summed E-state index contributed by atoms with van der Waals surface area (Å²) < 4.78 is 45.5. The molecule has 2 aromatic carbocycles. The first kappa shape index (κ1) is 18.3. The number of carbonyl (C=O) groups is 1. The summed E-state index contributed by atoms with van der Waals surface area (Å²) in [5, 5.41) is 0. The molecule has 0 saturated carbocycles. The molecule has 0 bridgehead atoms. The number of morpholine rings is 1. The van der Waals surface area contributed by atoms with Crippen molar-refractivity contribution in [1.82, 2.24) is 9.62 Å². The summed E-state index contributed by atoms with van der Waals surface area (Å²) >= 11 is 0. The summed E-state index contributed by atoms with van der Waals surface area (Å²) in [6.45, 7) is 2.56. The predicted molar refractivity (Wildman–Crippen MR) is 93.6 cm³/mol. The third-order valence-electron chi connectivity index (χ3n) is 4.15. The number of urea groups is 1. The Morgan fingerprint density at radius 3 is 2.46 bits per heavy atom. The van der Waals surface area contributed by atoms with Gasteiger partial charge in [-0.05, 0) is 36.8 Å². The van der Waals surface area contributed by atoms with Crippen molar-refractivity contribution in [3.63, 3.8) is 0 Å². The van der Waals surface area contributed by atoms with Gasteiger partial charge in [-0.15, -0.1) is 0 Å². The van der Waals surface area contributed by atoms with Crippen LogP contribution in [0.2, 0.25) is 0 Å². The maximum absolute atomic E-state index is 13.0. The molecule has 2 aromatic rings. The Labute approximate surface area is 151 Å². The van der Waals surface area contributed by atoms with Crippen molar-refractivity contribution < 1.29 is 22.3 Å². The third kappa shape index (κ3) is 4.20. The van der Waals surface area contributed by atoms with E-state index in [9.17, 15) is 17.6 Å². The Balaban J connectivity index is 1.69. The van der Waals surface area contributed by atoms with Gasteiger partial charge in [0.1, 0.15) is 11.9 Å². The van der Waals surface area contributed by atoms with Gasteiger partial charge in [-0.2, -0.15) is 0 Å². The zero-order chi connectivity index (χ0) is 18.7. The van der Waals surface area contributed by atoms with Crippen LogP contribution in [0.25, 0.3) is 0 Å². The molecule has 1 atom stereocenters. The molecule has 0 radical (unpaired) electrons. The topological polar surface area (TPSA) is 75.7 Å². The molecule has 1 aliphatic heterocycles. The highest BCUT2D eigenvalue weighted by Crippen LogP contribution is 2.22. The van der Waals surface area contributed by atoms with Gasteiger partial charge in [0.2, 0.25) is 0 Å². The number of carbonyl (C=O) groups excluding carboxylic acids is 1. The fraction of sp³-hybridized carbons (Fsp3) is 0.278. The molecular weight excluding hydrogens is 359 g/mol. The van der Waals surface area contributed by atoms with Crippen LogP contribution in [0.4, 0.5) is 9.18 Å². The molecule has 3 rings (SSSR count). The lowest BCUT2D eigenvalue weighted by molar-refractivity contribution is -0.0147. The second-order valence-corrected chi connectivity index (χ2v) is 7.76. The lowest BCUT2D eigenvalue weighted by atomic mass is 10.1. The number of hydrogen-bond acceptors (Lipinski definition) is 4. The number of nitrogens with one attached hydrogen (secondary N) is 1. The largest absolute Gasteiger partial charge is 0.370 e. The molecule has 2 amide bonds. The zero-order valence-electron chi connectivity index (χ0n) is 14.2. The number of aryl methyl sites for hydroxylation is 1. The zero-order valence-corrected chi connectivity index (χ0v) is 15.0. The number of benzene rings is 2.